The van der Waals surface area contributed by atoms with Crippen LogP contribution >= 0.6 is 0 Å². The van der Waals surface area contributed by atoms with Gasteiger partial charge in [-0.1, -0.05) is 13.0 Å². The summed E-state index contributed by atoms with van der Waals surface area (Å²) in [6, 6.07) is -1.00. The zero-order valence-corrected chi connectivity index (χ0v) is 9.92. The average molecular weight is 243 g/mol. The van der Waals surface area contributed by atoms with Crippen LogP contribution in [0, 0.1) is 5.41 Å². The number of carbonyl (C=O) groups excluding carboxylic acids is 1. The van der Waals surface area contributed by atoms with Gasteiger partial charge >= 0.3 is 12.1 Å². The van der Waals surface area contributed by atoms with Crippen LogP contribution < -0.4 is 0 Å². The van der Waals surface area contributed by atoms with E-state index >= 15 is 0 Å². The number of rotatable bonds is 3. The molecule has 1 fully saturated rings. The van der Waals surface area contributed by atoms with E-state index < -0.39 is 29.6 Å². The van der Waals surface area contributed by atoms with Crippen molar-refractivity contribution in [3.05, 3.63) is 12.7 Å². The molecule has 1 saturated heterocycles. The lowest BCUT2D eigenvalue weighted by atomic mass is 9.77. The third-order valence-corrected chi connectivity index (χ3v) is 3.32. The summed E-state index contributed by atoms with van der Waals surface area (Å²) in [5, 5.41) is 19.0. The van der Waals surface area contributed by atoms with Crippen LogP contribution in [0.5, 0.6) is 0 Å². The Morgan fingerprint density at radius 2 is 2.24 bits per heavy atom. The van der Waals surface area contributed by atoms with E-state index in [9.17, 15) is 14.7 Å². The number of aliphatic hydroxyl groups is 1. The van der Waals surface area contributed by atoms with E-state index in [4.69, 9.17) is 5.11 Å². The fraction of sp³-hybridized carbons (Fsp3) is 0.636. The van der Waals surface area contributed by atoms with Gasteiger partial charge in [0, 0.05) is 5.41 Å². The highest BCUT2D eigenvalue weighted by Gasteiger charge is 2.55. The SMILES string of the molecule is C=CCC1(C)C(O)CN(C(=O)O)C1C(=O)OC. The smallest absolute Gasteiger partial charge is 0.408 e. The van der Waals surface area contributed by atoms with Gasteiger partial charge in [0.2, 0.25) is 0 Å². The van der Waals surface area contributed by atoms with E-state index in [1.165, 1.54) is 7.11 Å². The van der Waals surface area contributed by atoms with Gasteiger partial charge in [0.15, 0.2) is 0 Å². The topological polar surface area (TPSA) is 87.1 Å². The van der Waals surface area contributed by atoms with Crippen LogP contribution in [-0.2, 0) is 9.53 Å². The number of ether oxygens (including phenoxy) is 1. The Kier molecular flexibility index (Phi) is 3.77. The predicted octanol–water partition coefficient (Wildman–Crippen LogP) is 0.465. The quantitative estimate of drug-likeness (QED) is 0.555. The molecule has 1 heterocycles. The minimum absolute atomic E-state index is 0.0978. The summed E-state index contributed by atoms with van der Waals surface area (Å²) in [5.41, 5.74) is -0.896. The van der Waals surface area contributed by atoms with Crippen molar-refractivity contribution >= 4 is 12.1 Å². The summed E-state index contributed by atoms with van der Waals surface area (Å²) in [6.07, 6.45) is -0.268. The molecule has 1 aliphatic heterocycles. The molecule has 0 aromatic carbocycles. The maximum atomic E-state index is 11.7. The van der Waals surface area contributed by atoms with Crippen LogP contribution in [-0.4, -0.2) is 53.0 Å². The van der Waals surface area contributed by atoms with Crippen LogP contribution in [0.3, 0.4) is 0 Å². The van der Waals surface area contributed by atoms with Crippen molar-refractivity contribution < 1.29 is 24.5 Å². The van der Waals surface area contributed by atoms with E-state index in [2.05, 4.69) is 11.3 Å². The standard InChI is InChI=1S/C11H17NO5/c1-4-5-11(2)7(13)6-12(10(15)16)8(11)9(14)17-3/h4,7-8,13H,1,5-6H2,2-3H3,(H,15,16). The van der Waals surface area contributed by atoms with Crippen molar-refractivity contribution in [2.75, 3.05) is 13.7 Å². The fourth-order valence-electron chi connectivity index (χ4n) is 2.29. The zero-order chi connectivity index (χ0) is 13.2. The highest BCUT2D eigenvalue weighted by atomic mass is 16.5. The molecule has 1 rings (SSSR count). The summed E-state index contributed by atoms with van der Waals surface area (Å²) in [7, 11) is 1.20. The molecule has 0 bridgehead atoms. The normalized spacial score (nSPS) is 32.3. The van der Waals surface area contributed by atoms with Gasteiger partial charge in [0.25, 0.3) is 0 Å². The first-order chi connectivity index (χ1) is 7.88. The Labute approximate surface area is 99.5 Å². The lowest BCUT2D eigenvalue weighted by Crippen LogP contribution is -2.48. The molecule has 0 spiro atoms. The average Bonchev–Trinajstić information content (AvgIpc) is 2.52. The first-order valence-corrected chi connectivity index (χ1v) is 5.24. The molecule has 0 saturated carbocycles. The second-order valence-corrected chi connectivity index (χ2v) is 4.38. The van der Waals surface area contributed by atoms with Gasteiger partial charge < -0.3 is 14.9 Å². The molecule has 6 nitrogen and oxygen atoms in total. The van der Waals surface area contributed by atoms with Gasteiger partial charge in [-0.05, 0) is 6.42 Å². The number of β-amino-alcohol motifs (C(OH)–C–C–N with tert-alkyl or cyclic N) is 1. The molecule has 0 aliphatic carbocycles. The van der Waals surface area contributed by atoms with Gasteiger partial charge in [-0.3, -0.25) is 4.90 Å². The van der Waals surface area contributed by atoms with Crippen molar-refractivity contribution in [1.82, 2.24) is 4.90 Å². The molecule has 96 valence electrons. The van der Waals surface area contributed by atoms with Gasteiger partial charge in [0.1, 0.15) is 6.04 Å². The number of hydrogen-bond donors (Lipinski definition) is 2. The number of allylic oxidation sites excluding steroid dienone is 1. The highest BCUT2D eigenvalue weighted by Crippen LogP contribution is 2.40. The number of amides is 1. The molecule has 3 unspecified atom stereocenters. The molecule has 0 radical (unpaired) electrons. The lowest BCUT2D eigenvalue weighted by Gasteiger charge is -2.32. The summed E-state index contributed by atoms with van der Waals surface area (Å²) in [4.78, 5) is 23.7. The molecule has 6 heteroatoms. The summed E-state index contributed by atoms with van der Waals surface area (Å²) < 4.78 is 4.62. The Balaban J connectivity index is 3.13. The second kappa shape index (κ2) is 4.75. The fourth-order valence-corrected chi connectivity index (χ4v) is 2.29. The summed E-state index contributed by atoms with van der Waals surface area (Å²) in [5.74, 6) is -0.659. The maximum absolute atomic E-state index is 11.7. The van der Waals surface area contributed by atoms with Gasteiger partial charge in [0.05, 0.1) is 19.8 Å². The Hall–Kier alpha value is -1.56. The van der Waals surface area contributed by atoms with E-state index in [1.807, 2.05) is 0 Å². The van der Waals surface area contributed by atoms with Crippen LogP contribution in [0.2, 0.25) is 0 Å². The summed E-state index contributed by atoms with van der Waals surface area (Å²) in [6.45, 7) is 5.12. The van der Waals surface area contributed by atoms with Gasteiger partial charge in [-0.15, -0.1) is 6.58 Å². The number of carbonyl (C=O) groups is 2. The third-order valence-electron chi connectivity index (χ3n) is 3.32. The van der Waals surface area contributed by atoms with Crippen LogP contribution in [0.25, 0.3) is 0 Å². The van der Waals surface area contributed by atoms with Gasteiger partial charge in [-0.2, -0.15) is 0 Å². The Morgan fingerprint density at radius 1 is 1.65 bits per heavy atom. The van der Waals surface area contributed by atoms with E-state index in [-0.39, 0.29) is 6.54 Å². The molecule has 1 aliphatic rings. The molecule has 1 amide bonds. The van der Waals surface area contributed by atoms with Crippen molar-refractivity contribution in [2.45, 2.75) is 25.5 Å². The number of esters is 1. The van der Waals surface area contributed by atoms with Gasteiger partial charge in [-0.25, -0.2) is 9.59 Å². The van der Waals surface area contributed by atoms with Crippen molar-refractivity contribution in [2.24, 2.45) is 5.41 Å². The minimum Gasteiger partial charge on any atom is -0.467 e. The minimum atomic E-state index is -1.24. The molecule has 17 heavy (non-hydrogen) atoms. The Bertz CT molecular complexity index is 343. The Morgan fingerprint density at radius 3 is 2.65 bits per heavy atom. The number of aliphatic hydroxyl groups excluding tert-OH is 1. The van der Waals surface area contributed by atoms with Crippen LogP contribution in [0.4, 0.5) is 4.79 Å². The molecule has 0 aromatic heterocycles. The molecular weight excluding hydrogens is 226 g/mol. The molecular formula is C11H17NO5. The van der Waals surface area contributed by atoms with Crippen molar-refractivity contribution in [3.63, 3.8) is 0 Å². The number of carboxylic acid groups (broad SMARTS) is 1. The van der Waals surface area contributed by atoms with Crippen molar-refractivity contribution in [3.8, 4) is 0 Å². The first-order valence-electron chi connectivity index (χ1n) is 5.24. The first kappa shape index (κ1) is 13.5. The number of nitrogens with zero attached hydrogens (tertiary/aromatic N) is 1. The lowest BCUT2D eigenvalue weighted by molar-refractivity contribution is -0.149. The number of likely N-dealkylation sites (tertiary alicyclic amines) is 1. The third kappa shape index (κ3) is 2.12. The molecule has 3 atom stereocenters. The van der Waals surface area contributed by atoms with Crippen LogP contribution in [0.15, 0.2) is 12.7 Å². The predicted molar refractivity (Wildman–Crippen MR) is 59.5 cm³/mol. The van der Waals surface area contributed by atoms with Crippen LogP contribution in [0.1, 0.15) is 13.3 Å². The van der Waals surface area contributed by atoms with Crippen molar-refractivity contribution in [1.29, 1.82) is 0 Å². The van der Waals surface area contributed by atoms with E-state index in [1.54, 1.807) is 13.0 Å². The maximum Gasteiger partial charge on any atom is 0.408 e. The monoisotopic (exact) mass is 243 g/mol. The molecule has 0 aromatic rings. The number of methoxy groups -OCH3 is 1. The van der Waals surface area contributed by atoms with E-state index in [0.717, 1.165) is 4.90 Å². The molecule has 2 N–H and O–H groups in total. The second-order valence-electron chi connectivity index (χ2n) is 4.38. The zero-order valence-electron chi connectivity index (χ0n) is 9.92. The summed E-state index contributed by atoms with van der Waals surface area (Å²) >= 11 is 0. The highest BCUT2D eigenvalue weighted by molar-refractivity contribution is 5.82. The number of hydrogen-bond acceptors (Lipinski definition) is 4. The largest absolute Gasteiger partial charge is 0.467 e. The van der Waals surface area contributed by atoms with E-state index in [0.29, 0.717) is 6.42 Å².